The van der Waals surface area contributed by atoms with Crippen LogP contribution in [-0.4, -0.2) is 36.5 Å². The van der Waals surface area contributed by atoms with Crippen molar-refractivity contribution in [3.05, 3.63) is 30.3 Å². The van der Waals surface area contributed by atoms with E-state index in [2.05, 4.69) is 0 Å². The fourth-order valence-corrected chi connectivity index (χ4v) is 1.70. The van der Waals surface area contributed by atoms with Crippen molar-refractivity contribution in [2.45, 2.75) is 0 Å². The molecule has 84 valence electrons. The van der Waals surface area contributed by atoms with E-state index in [9.17, 15) is 9.59 Å². The minimum Gasteiger partial charge on any atom is -0.329 e. The van der Waals surface area contributed by atoms with Crippen LogP contribution >= 0.6 is 0 Å². The molecule has 5 heteroatoms. The summed E-state index contributed by atoms with van der Waals surface area (Å²) in [7, 11) is 0. The molecule has 16 heavy (non-hydrogen) atoms. The Morgan fingerprint density at radius 2 is 1.88 bits per heavy atom. The van der Waals surface area contributed by atoms with E-state index in [1.54, 1.807) is 12.1 Å². The van der Waals surface area contributed by atoms with Gasteiger partial charge in [0.25, 0.3) is 5.91 Å². The number of imide groups is 1. The molecule has 5 nitrogen and oxygen atoms in total. The molecule has 0 radical (unpaired) electrons. The fraction of sp³-hybridized carbons (Fsp3) is 0.273. The number of benzene rings is 1. The summed E-state index contributed by atoms with van der Waals surface area (Å²) in [5.74, 6) is -0.195. The van der Waals surface area contributed by atoms with E-state index in [1.807, 2.05) is 18.2 Å². The van der Waals surface area contributed by atoms with E-state index in [0.717, 1.165) is 5.69 Å². The summed E-state index contributed by atoms with van der Waals surface area (Å²) in [5.41, 5.74) is 6.09. The van der Waals surface area contributed by atoms with E-state index >= 15 is 0 Å². The normalized spacial score (nSPS) is 16.1. The van der Waals surface area contributed by atoms with Crippen LogP contribution in [-0.2, 0) is 4.79 Å². The lowest BCUT2D eigenvalue weighted by atomic mass is 10.3. The Bertz CT molecular complexity index is 405. The van der Waals surface area contributed by atoms with Gasteiger partial charge in [0.05, 0.1) is 0 Å². The molecule has 1 aromatic carbocycles. The van der Waals surface area contributed by atoms with E-state index in [0.29, 0.717) is 6.54 Å². The maximum absolute atomic E-state index is 11.9. The lowest BCUT2D eigenvalue weighted by Gasteiger charge is -2.16. The molecule has 3 amide bonds. The number of anilines is 1. The fourth-order valence-electron chi connectivity index (χ4n) is 1.70. The Morgan fingerprint density at radius 3 is 2.50 bits per heavy atom. The molecule has 0 aromatic heterocycles. The topological polar surface area (TPSA) is 66.6 Å². The second-order valence-corrected chi connectivity index (χ2v) is 3.54. The van der Waals surface area contributed by atoms with Gasteiger partial charge in [-0.2, -0.15) is 0 Å². The highest BCUT2D eigenvalue weighted by Crippen LogP contribution is 2.19. The van der Waals surface area contributed by atoms with Crippen molar-refractivity contribution in [3.8, 4) is 0 Å². The summed E-state index contributed by atoms with van der Waals surface area (Å²) in [6, 6.07) is 8.84. The van der Waals surface area contributed by atoms with Crippen molar-refractivity contribution in [1.82, 2.24) is 4.90 Å². The van der Waals surface area contributed by atoms with E-state index in [-0.39, 0.29) is 25.0 Å². The van der Waals surface area contributed by atoms with Crippen LogP contribution in [0.1, 0.15) is 0 Å². The Kier molecular flexibility index (Phi) is 2.87. The standard InChI is InChI=1S/C11H13N3O2/c12-6-7-13-10(15)8-14(11(13)16)9-4-2-1-3-5-9/h1-5H,6-8,12H2. The lowest BCUT2D eigenvalue weighted by Crippen LogP contribution is -2.36. The second kappa shape index (κ2) is 4.32. The Morgan fingerprint density at radius 1 is 1.19 bits per heavy atom. The van der Waals surface area contributed by atoms with Crippen LogP contribution in [0.5, 0.6) is 0 Å². The van der Waals surface area contributed by atoms with Crippen molar-refractivity contribution in [3.63, 3.8) is 0 Å². The molecule has 1 saturated heterocycles. The molecule has 1 aliphatic rings. The smallest absolute Gasteiger partial charge is 0.329 e. The molecule has 2 N–H and O–H groups in total. The number of urea groups is 1. The molecule has 0 saturated carbocycles. The minimum atomic E-state index is -0.290. The van der Waals surface area contributed by atoms with Crippen LogP contribution in [0.4, 0.5) is 10.5 Å². The van der Waals surface area contributed by atoms with Gasteiger partial charge in [0, 0.05) is 18.8 Å². The number of amides is 3. The van der Waals surface area contributed by atoms with Crippen LogP contribution in [0, 0.1) is 0 Å². The average Bonchev–Trinajstić information content (AvgIpc) is 2.59. The van der Waals surface area contributed by atoms with Gasteiger partial charge in [0.1, 0.15) is 6.54 Å². The third kappa shape index (κ3) is 1.77. The average molecular weight is 219 g/mol. The highest BCUT2D eigenvalue weighted by atomic mass is 16.2. The summed E-state index contributed by atoms with van der Waals surface area (Å²) in [5, 5.41) is 0. The van der Waals surface area contributed by atoms with Crippen molar-refractivity contribution >= 4 is 17.6 Å². The minimum absolute atomic E-state index is 0.100. The number of carbonyl (C=O) groups excluding carboxylic acids is 2. The molecule has 2 rings (SSSR count). The van der Waals surface area contributed by atoms with Gasteiger partial charge in [0.15, 0.2) is 0 Å². The molecule has 1 heterocycles. The first-order chi connectivity index (χ1) is 7.74. The summed E-state index contributed by atoms with van der Waals surface area (Å²) >= 11 is 0. The second-order valence-electron chi connectivity index (χ2n) is 3.54. The Balaban J connectivity index is 2.21. The zero-order valence-electron chi connectivity index (χ0n) is 8.80. The summed E-state index contributed by atoms with van der Waals surface area (Å²) in [6.07, 6.45) is 0. The largest absolute Gasteiger partial charge is 0.331 e. The molecule has 1 fully saturated rings. The maximum atomic E-state index is 11.9. The molecule has 1 aliphatic heterocycles. The van der Waals surface area contributed by atoms with E-state index < -0.39 is 0 Å². The molecule has 0 unspecified atom stereocenters. The summed E-state index contributed by atoms with van der Waals surface area (Å²) in [4.78, 5) is 26.1. The van der Waals surface area contributed by atoms with Gasteiger partial charge in [-0.15, -0.1) is 0 Å². The third-order valence-corrected chi connectivity index (χ3v) is 2.48. The maximum Gasteiger partial charge on any atom is 0.331 e. The van der Waals surface area contributed by atoms with Gasteiger partial charge in [-0.3, -0.25) is 14.6 Å². The molecular weight excluding hydrogens is 206 g/mol. The lowest BCUT2D eigenvalue weighted by molar-refractivity contribution is -0.124. The molecule has 0 bridgehead atoms. The number of para-hydroxylation sites is 1. The van der Waals surface area contributed by atoms with E-state index in [1.165, 1.54) is 9.80 Å². The predicted octanol–water partition coefficient (Wildman–Crippen LogP) is 0.414. The SMILES string of the molecule is NCCN1C(=O)CN(c2ccccc2)C1=O. The number of hydrogen-bond acceptors (Lipinski definition) is 3. The first kappa shape index (κ1) is 10.6. The van der Waals surface area contributed by atoms with Crippen molar-refractivity contribution < 1.29 is 9.59 Å². The molecule has 1 aromatic rings. The molecule has 0 aliphatic carbocycles. The monoisotopic (exact) mass is 219 g/mol. The van der Waals surface area contributed by atoms with Gasteiger partial charge in [0.2, 0.25) is 0 Å². The molecular formula is C11H13N3O2. The van der Waals surface area contributed by atoms with Crippen molar-refractivity contribution in [1.29, 1.82) is 0 Å². The first-order valence-corrected chi connectivity index (χ1v) is 5.11. The predicted molar refractivity (Wildman–Crippen MR) is 60.0 cm³/mol. The van der Waals surface area contributed by atoms with Gasteiger partial charge in [-0.25, -0.2) is 4.79 Å². The Hall–Kier alpha value is -1.88. The third-order valence-electron chi connectivity index (χ3n) is 2.48. The highest BCUT2D eigenvalue weighted by molar-refractivity contribution is 6.12. The van der Waals surface area contributed by atoms with Gasteiger partial charge in [-0.05, 0) is 12.1 Å². The van der Waals surface area contributed by atoms with Crippen LogP contribution in [0.25, 0.3) is 0 Å². The highest BCUT2D eigenvalue weighted by Gasteiger charge is 2.35. The van der Waals surface area contributed by atoms with Crippen molar-refractivity contribution in [2.24, 2.45) is 5.73 Å². The number of nitrogens with two attached hydrogens (primary N) is 1. The Labute approximate surface area is 93.4 Å². The number of carbonyl (C=O) groups is 2. The zero-order valence-corrected chi connectivity index (χ0v) is 8.80. The van der Waals surface area contributed by atoms with Gasteiger partial charge < -0.3 is 5.73 Å². The van der Waals surface area contributed by atoms with Crippen LogP contribution < -0.4 is 10.6 Å². The summed E-state index contributed by atoms with van der Waals surface area (Å²) in [6.45, 7) is 0.671. The van der Waals surface area contributed by atoms with Crippen LogP contribution in [0.3, 0.4) is 0 Å². The molecule has 0 spiro atoms. The number of hydrogen-bond donors (Lipinski definition) is 1. The quantitative estimate of drug-likeness (QED) is 0.749. The van der Waals surface area contributed by atoms with Gasteiger partial charge in [-0.1, -0.05) is 18.2 Å². The van der Waals surface area contributed by atoms with Crippen LogP contribution in [0.2, 0.25) is 0 Å². The number of rotatable bonds is 3. The zero-order chi connectivity index (χ0) is 11.5. The number of nitrogens with zero attached hydrogens (tertiary/aromatic N) is 2. The van der Waals surface area contributed by atoms with E-state index in [4.69, 9.17) is 5.73 Å². The molecule has 0 atom stereocenters. The summed E-state index contributed by atoms with van der Waals surface area (Å²) < 4.78 is 0. The van der Waals surface area contributed by atoms with Crippen LogP contribution in [0.15, 0.2) is 30.3 Å². The first-order valence-electron chi connectivity index (χ1n) is 5.11. The van der Waals surface area contributed by atoms with Gasteiger partial charge >= 0.3 is 6.03 Å². The van der Waals surface area contributed by atoms with Crippen molar-refractivity contribution in [2.75, 3.05) is 24.5 Å².